The van der Waals surface area contributed by atoms with Gasteiger partial charge in [-0.05, 0) is 30.9 Å². The summed E-state index contributed by atoms with van der Waals surface area (Å²) in [5.41, 5.74) is 0.849. The predicted octanol–water partition coefficient (Wildman–Crippen LogP) is 2.39. The third-order valence-electron chi connectivity index (χ3n) is 3.71. The topological polar surface area (TPSA) is 65.0 Å². The Hall–Kier alpha value is -1.91. The summed E-state index contributed by atoms with van der Waals surface area (Å²) in [5, 5.41) is 9.12. The molecule has 19 heavy (non-hydrogen) atoms. The zero-order valence-electron chi connectivity index (χ0n) is 10.7. The lowest BCUT2D eigenvalue weighted by molar-refractivity contribution is -0.137. The van der Waals surface area contributed by atoms with Gasteiger partial charge in [-0.1, -0.05) is 0 Å². The van der Waals surface area contributed by atoms with Crippen molar-refractivity contribution in [3.8, 4) is 17.2 Å². The molecule has 1 unspecified atom stereocenters. The maximum atomic E-state index is 11.1. The van der Waals surface area contributed by atoms with Crippen LogP contribution in [-0.2, 0) is 4.79 Å². The average Bonchev–Trinajstić information content (AvgIpc) is 3.12. The van der Waals surface area contributed by atoms with Crippen LogP contribution in [0, 0.1) is 5.92 Å². The Morgan fingerprint density at radius 3 is 2.89 bits per heavy atom. The predicted molar refractivity (Wildman–Crippen MR) is 66.8 cm³/mol. The van der Waals surface area contributed by atoms with Crippen LogP contribution < -0.4 is 14.2 Å². The van der Waals surface area contributed by atoms with Crippen molar-refractivity contribution >= 4 is 5.97 Å². The molecule has 1 heterocycles. The minimum atomic E-state index is -0.796. The normalized spacial score (nSPS) is 18.2. The molecule has 1 aromatic rings. The Kier molecular flexibility index (Phi) is 2.97. The standard InChI is InChI=1S/C14H16O5/c1-17-10-4-5-11-14(19-7-18-11)13(10)9(6-12(15)16)8-2-3-8/h4-5,8-9H,2-3,6-7H2,1H3,(H,15,16). The molecule has 1 fully saturated rings. The number of aliphatic carboxylic acids is 1. The number of ether oxygens (including phenoxy) is 3. The second-order valence-electron chi connectivity index (χ2n) is 4.96. The van der Waals surface area contributed by atoms with Gasteiger partial charge >= 0.3 is 5.97 Å². The molecule has 5 heteroatoms. The van der Waals surface area contributed by atoms with Crippen molar-refractivity contribution in [1.29, 1.82) is 0 Å². The molecule has 1 aromatic carbocycles. The van der Waals surface area contributed by atoms with Crippen LogP contribution in [0.5, 0.6) is 17.2 Å². The van der Waals surface area contributed by atoms with E-state index in [2.05, 4.69) is 0 Å². The Balaban J connectivity index is 2.05. The largest absolute Gasteiger partial charge is 0.496 e. The summed E-state index contributed by atoms with van der Waals surface area (Å²) in [6.45, 7) is 0.181. The van der Waals surface area contributed by atoms with Gasteiger partial charge < -0.3 is 19.3 Å². The number of hydrogen-bond acceptors (Lipinski definition) is 4. The smallest absolute Gasteiger partial charge is 0.303 e. The molecule has 102 valence electrons. The van der Waals surface area contributed by atoms with Gasteiger partial charge in [-0.25, -0.2) is 0 Å². The zero-order chi connectivity index (χ0) is 13.4. The van der Waals surface area contributed by atoms with Gasteiger partial charge in [-0.2, -0.15) is 0 Å². The van der Waals surface area contributed by atoms with Gasteiger partial charge in [0.25, 0.3) is 0 Å². The lowest BCUT2D eigenvalue weighted by atomic mass is 9.89. The van der Waals surface area contributed by atoms with Crippen LogP contribution in [-0.4, -0.2) is 25.0 Å². The van der Waals surface area contributed by atoms with Crippen molar-refractivity contribution < 1.29 is 24.1 Å². The Bertz CT molecular complexity index is 507. The number of benzene rings is 1. The molecule has 1 aliphatic heterocycles. The summed E-state index contributed by atoms with van der Waals surface area (Å²) in [4.78, 5) is 11.1. The third kappa shape index (κ3) is 2.20. The molecule has 1 N–H and O–H groups in total. The Morgan fingerprint density at radius 2 is 2.26 bits per heavy atom. The molecule has 1 aliphatic carbocycles. The van der Waals surface area contributed by atoms with E-state index < -0.39 is 5.97 Å². The van der Waals surface area contributed by atoms with Crippen LogP contribution in [0.4, 0.5) is 0 Å². The highest BCUT2D eigenvalue weighted by molar-refractivity contribution is 5.70. The summed E-state index contributed by atoms with van der Waals surface area (Å²) in [7, 11) is 1.59. The number of hydrogen-bond donors (Lipinski definition) is 1. The highest BCUT2D eigenvalue weighted by Crippen LogP contribution is 2.53. The molecule has 0 spiro atoms. The van der Waals surface area contributed by atoms with Crippen LogP contribution in [0.3, 0.4) is 0 Å². The van der Waals surface area contributed by atoms with Gasteiger partial charge in [-0.3, -0.25) is 4.79 Å². The molecule has 1 atom stereocenters. The molecular formula is C14H16O5. The first-order chi connectivity index (χ1) is 9.20. The molecule has 0 radical (unpaired) electrons. The Morgan fingerprint density at radius 1 is 1.47 bits per heavy atom. The second-order valence-corrected chi connectivity index (χ2v) is 4.96. The van der Waals surface area contributed by atoms with Gasteiger partial charge in [-0.15, -0.1) is 0 Å². The molecule has 0 saturated heterocycles. The van der Waals surface area contributed by atoms with Crippen LogP contribution in [0.25, 0.3) is 0 Å². The third-order valence-corrected chi connectivity index (χ3v) is 3.71. The molecule has 0 bridgehead atoms. The Labute approximate surface area is 111 Å². The molecule has 3 rings (SSSR count). The highest BCUT2D eigenvalue weighted by atomic mass is 16.7. The van der Waals surface area contributed by atoms with Crippen LogP contribution >= 0.6 is 0 Å². The molecule has 0 amide bonds. The fraction of sp³-hybridized carbons (Fsp3) is 0.500. The maximum Gasteiger partial charge on any atom is 0.303 e. The summed E-state index contributed by atoms with van der Waals surface area (Å²) < 4.78 is 16.3. The number of carboxylic acids is 1. The number of methoxy groups -OCH3 is 1. The number of fused-ring (bicyclic) bond motifs is 1. The lowest BCUT2D eigenvalue weighted by Crippen LogP contribution is -2.10. The van der Waals surface area contributed by atoms with E-state index >= 15 is 0 Å². The van der Waals surface area contributed by atoms with Crippen LogP contribution in [0.2, 0.25) is 0 Å². The summed E-state index contributed by atoms with van der Waals surface area (Å²) in [5.74, 6) is 1.55. The minimum Gasteiger partial charge on any atom is -0.496 e. The van der Waals surface area contributed by atoms with E-state index in [1.54, 1.807) is 13.2 Å². The first kappa shape index (κ1) is 12.1. The summed E-state index contributed by atoms with van der Waals surface area (Å²) in [6, 6.07) is 3.62. The van der Waals surface area contributed by atoms with E-state index in [4.69, 9.17) is 19.3 Å². The summed E-state index contributed by atoms with van der Waals surface area (Å²) in [6.07, 6.45) is 2.22. The maximum absolute atomic E-state index is 11.1. The van der Waals surface area contributed by atoms with Gasteiger partial charge in [0.15, 0.2) is 11.5 Å². The zero-order valence-corrected chi connectivity index (χ0v) is 10.7. The van der Waals surface area contributed by atoms with E-state index in [1.807, 2.05) is 6.07 Å². The number of carbonyl (C=O) groups is 1. The molecule has 0 aromatic heterocycles. The van der Waals surface area contributed by atoms with Gasteiger partial charge in [0.05, 0.1) is 13.5 Å². The minimum absolute atomic E-state index is 0.0656. The van der Waals surface area contributed by atoms with Crippen molar-refractivity contribution in [3.05, 3.63) is 17.7 Å². The first-order valence-corrected chi connectivity index (χ1v) is 6.39. The van der Waals surface area contributed by atoms with E-state index in [-0.39, 0.29) is 19.1 Å². The lowest BCUT2D eigenvalue weighted by Gasteiger charge is -2.19. The van der Waals surface area contributed by atoms with E-state index in [0.717, 1.165) is 18.4 Å². The molecule has 1 saturated carbocycles. The fourth-order valence-electron chi connectivity index (χ4n) is 2.70. The van der Waals surface area contributed by atoms with E-state index in [9.17, 15) is 4.79 Å². The van der Waals surface area contributed by atoms with Crippen molar-refractivity contribution in [2.24, 2.45) is 5.92 Å². The van der Waals surface area contributed by atoms with Crippen LogP contribution in [0.15, 0.2) is 12.1 Å². The fourth-order valence-corrected chi connectivity index (χ4v) is 2.70. The quantitative estimate of drug-likeness (QED) is 0.884. The van der Waals surface area contributed by atoms with E-state index in [0.29, 0.717) is 23.2 Å². The van der Waals surface area contributed by atoms with Crippen molar-refractivity contribution in [2.75, 3.05) is 13.9 Å². The van der Waals surface area contributed by atoms with E-state index in [1.165, 1.54) is 0 Å². The SMILES string of the molecule is COc1ccc2c(c1C(CC(=O)O)C1CC1)OCO2. The molecular weight excluding hydrogens is 248 g/mol. The first-order valence-electron chi connectivity index (χ1n) is 6.39. The van der Waals surface area contributed by atoms with Gasteiger partial charge in [0.2, 0.25) is 6.79 Å². The van der Waals surface area contributed by atoms with Crippen molar-refractivity contribution in [1.82, 2.24) is 0 Å². The van der Waals surface area contributed by atoms with Gasteiger partial charge in [0, 0.05) is 11.5 Å². The van der Waals surface area contributed by atoms with Gasteiger partial charge in [0.1, 0.15) is 5.75 Å². The monoisotopic (exact) mass is 264 g/mol. The number of carboxylic acid groups (broad SMARTS) is 1. The molecule has 5 nitrogen and oxygen atoms in total. The van der Waals surface area contributed by atoms with Crippen molar-refractivity contribution in [3.63, 3.8) is 0 Å². The number of rotatable bonds is 5. The molecule has 2 aliphatic rings. The van der Waals surface area contributed by atoms with Crippen LogP contribution in [0.1, 0.15) is 30.7 Å². The average molecular weight is 264 g/mol. The van der Waals surface area contributed by atoms with Crippen molar-refractivity contribution in [2.45, 2.75) is 25.2 Å². The second kappa shape index (κ2) is 4.64. The summed E-state index contributed by atoms with van der Waals surface area (Å²) >= 11 is 0. The highest BCUT2D eigenvalue weighted by Gasteiger charge is 2.39.